The van der Waals surface area contributed by atoms with Crippen molar-refractivity contribution >= 4 is 53.6 Å². The number of aromatic nitrogens is 5. The van der Waals surface area contributed by atoms with Crippen LogP contribution in [0.25, 0.3) is 32.7 Å². The molecular formula is C44H60N10O5S2. The number of nitrogens with two attached hydrogens (primary N) is 1. The number of H-pyrrole nitrogens is 1. The van der Waals surface area contributed by atoms with Crippen molar-refractivity contribution in [2.45, 2.75) is 52.2 Å². The van der Waals surface area contributed by atoms with Gasteiger partial charge in [-0.3, -0.25) is 9.59 Å². The van der Waals surface area contributed by atoms with Gasteiger partial charge in [0, 0.05) is 82.5 Å². The standard InChI is InChI=1S/C25H30N6O2.C12H12N2OS.C5H9NO2.CH5N.CH4S/c1-16(2)10-18-11-25(29-33-18)30(3)8-9-31-14-17(15-31)20-12-23-22(26-20)13-21(27-28-23)19-6-4-5-7-24(19)32;1-9-12(16-8-14-9)11-4-2-10(3-5-11)6-13-7-15;7-4-6-2-1-5(8)3-6;2*1-2/h4-7,11-13,16-17,26,32H,8-10,14-15H2,1-3H3;2-5,7-8H,6H2,1H3,(H,13,15);4-5,8H,1-3H2;2H2,1H3;2H,1H3. The molecule has 2 saturated heterocycles. The number of nitrogens with one attached hydrogen (secondary N) is 2. The van der Waals surface area contributed by atoms with E-state index in [0.29, 0.717) is 49.1 Å². The molecule has 2 amide bonds. The first-order chi connectivity index (χ1) is 29.6. The van der Waals surface area contributed by atoms with E-state index in [9.17, 15) is 14.7 Å². The van der Waals surface area contributed by atoms with Crippen LogP contribution in [0.5, 0.6) is 5.75 Å². The molecule has 61 heavy (non-hydrogen) atoms. The second-order valence-electron chi connectivity index (χ2n) is 14.9. The quantitative estimate of drug-likeness (QED) is 0.0608. The van der Waals surface area contributed by atoms with Gasteiger partial charge in [-0.2, -0.15) is 12.6 Å². The smallest absolute Gasteiger partial charge is 0.209 e. The Bertz CT molecular complexity index is 2200. The highest BCUT2D eigenvalue weighted by molar-refractivity contribution is 7.79. The number of phenols is 1. The summed E-state index contributed by atoms with van der Waals surface area (Å²) >= 11 is 5.17. The Morgan fingerprint density at radius 1 is 1.07 bits per heavy atom. The molecule has 0 aliphatic carbocycles. The molecule has 1 atom stereocenters. The average Bonchev–Trinajstić information content (AvgIpc) is 4.09. The first-order valence-electron chi connectivity index (χ1n) is 20.2. The number of aromatic amines is 1. The number of carbonyl (C=O) groups excluding carboxylic acids is 2. The molecule has 17 heteroatoms. The number of para-hydroxylation sites is 1. The Morgan fingerprint density at radius 2 is 1.80 bits per heavy atom. The third-order valence-corrected chi connectivity index (χ3v) is 10.9. The lowest BCUT2D eigenvalue weighted by atomic mass is 9.96. The van der Waals surface area contributed by atoms with Gasteiger partial charge in [0.2, 0.25) is 12.8 Å². The van der Waals surface area contributed by atoms with E-state index in [4.69, 9.17) is 9.63 Å². The number of likely N-dealkylation sites (N-methyl/N-ethyl adjacent to an activating group) is 1. The number of likely N-dealkylation sites (tertiary alicyclic amines) is 2. The van der Waals surface area contributed by atoms with E-state index in [2.05, 4.69) is 97.9 Å². The largest absolute Gasteiger partial charge is 0.507 e. The second-order valence-corrected chi connectivity index (χ2v) is 15.8. The number of aliphatic hydroxyl groups is 1. The summed E-state index contributed by atoms with van der Waals surface area (Å²) in [6, 6.07) is 21.4. The molecule has 328 valence electrons. The molecule has 1 unspecified atom stereocenters. The van der Waals surface area contributed by atoms with Gasteiger partial charge in [-0.15, -0.1) is 21.5 Å². The topological polar surface area (TPSA) is 203 Å². The molecule has 2 aromatic carbocycles. The van der Waals surface area contributed by atoms with Gasteiger partial charge >= 0.3 is 0 Å². The molecule has 6 N–H and O–H groups in total. The van der Waals surface area contributed by atoms with Crippen LogP contribution in [0.15, 0.2) is 76.8 Å². The maximum absolute atomic E-state index is 10.2. The van der Waals surface area contributed by atoms with Crippen LogP contribution in [0.1, 0.15) is 48.9 Å². The van der Waals surface area contributed by atoms with Crippen LogP contribution in [0.3, 0.4) is 0 Å². The predicted molar refractivity (Wildman–Crippen MR) is 247 cm³/mol. The summed E-state index contributed by atoms with van der Waals surface area (Å²) < 4.78 is 5.46. The van der Waals surface area contributed by atoms with Crippen molar-refractivity contribution in [2.75, 3.05) is 64.5 Å². The van der Waals surface area contributed by atoms with Gasteiger partial charge in [0.05, 0.1) is 33.4 Å². The van der Waals surface area contributed by atoms with E-state index >= 15 is 0 Å². The van der Waals surface area contributed by atoms with Crippen molar-refractivity contribution in [2.24, 2.45) is 11.7 Å². The molecule has 0 radical (unpaired) electrons. The fourth-order valence-corrected chi connectivity index (χ4v) is 7.51. The molecule has 2 aliphatic rings. The van der Waals surface area contributed by atoms with Gasteiger partial charge in [-0.25, -0.2) is 4.98 Å². The Balaban J connectivity index is 0.000000241. The summed E-state index contributed by atoms with van der Waals surface area (Å²) in [4.78, 5) is 35.2. The number of nitrogens with zero attached hydrogens (tertiary/aromatic N) is 7. The number of hydrogen-bond acceptors (Lipinski definition) is 14. The highest BCUT2D eigenvalue weighted by Crippen LogP contribution is 2.32. The third-order valence-electron chi connectivity index (χ3n) is 9.96. The lowest BCUT2D eigenvalue weighted by molar-refractivity contribution is -0.117. The first-order valence-corrected chi connectivity index (χ1v) is 22.0. The number of aliphatic hydroxyl groups excluding tert-OH is 1. The minimum Gasteiger partial charge on any atom is -0.507 e. The van der Waals surface area contributed by atoms with Gasteiger partial charge in [0.15, 0.2) is 5.82 Å². The number of hydrogen-bond donors (Lipinski definition) is 6. The van der Waals surface area contributed by atoms with Crippen LogP contribution in [0.4, 0.5) is 5.82 Å². The molecule has 6 heterocycles. The van der Waals surface area contributed by atoms with Crippen molar-refractivity contribution in [1.29, 1.82) is 0 Å². The van der Waals surface area contributed by atoms with Gasteiger partial charge < -0.3 is 45.5 Å². The molecule has 2 fully saturated rings. The number of aryl methyl sites for hydroxylation is 1. The zero-order chi connectivity index (χ0) is 44.3. The number of carbonyl (C=O) groups is 2. The van der Waals surface area contributed by atoms with Crippen molar-refractivity contribution in [1.82, 2.24) is 40.4 Å². The summed E-state index contributed by atoms with van der Waals surface area (Å²) in [6.07, 6.45) is 4.55. The maximum Gasteiger partial charge on any atom is 0.209 e. The molecule has 0 bridgehead atoms. The average molecular weight is 873 g/mol. The number of thiazole rings is 1. The molecule has 0 spiro atoms. The second kappa shape index (κ2) is 24.8. The summed E-state index contributed by atoms with van der Waals surface area (Å²) in [5, 5.41) is 34.5. The van der Waals surface area contributed by atoms with Crippen molar-refractivity contribution in [3.8, 4) is 27.4 Å². The fraction of sp³-hybridized carbons (Fsp3) is 0.409. The summed E-state index contributed by atoms with van der Waals surface area (Å²) in [5.74, 6) is 3.07. The number of rotatable bonds is 13. The maximum atomic E-state index is 10.2. The molecule has 15 nitrogen and oxygen atoms in total. The lowest BCUT2D eigenvalue weighted by Crippen LogP contribution is -2.47. The number of β-amino-alcohol motifs (C(OH)–C–C–N with tert-alkyl or cyclic N) is 1. The van der Waals surface area contributed by atoms with Crippen LogP contribution in [-0.2, 0) is 22.6 Å². The Labute approximate surface area is 367 Å². The molecule has 4 aromatic heterocycles. The number of fused-ring (bicyclic) bond motifs is 1. The number of benzene rings is 2. The van der Waals surface area contributed by atoms with Crippen molar-refractivity contribution < 1.29 is 24.3 Å². The number of amides is 2. The molecule has 6 aromatic rings. The van der Waals surface area contributed by atoms with E-state index in [1.165, 1.54) is 23.2 Å². The van der Waals surface area contributed by atoms with Gasteiger partial charge in [0.1, 0.15) is 17.0 Å². The summed E-state index contributed by atoms with van der Waals surface area (Å²) in [6.45, 7) is 12.1. The molecule has 0 saturated carbocycles. The number of phenolic OH excluding ortho intramolecular Hbond substituents is 1. The van der Waals surface area contributed by atoms with E-state index in [1.54, 1.807) is 34.6 Å². The Kier molecular flexibility index (Phi) is 19.7. The third kappa shape index (κ3) is 14.1. The predicted octanol–water partition coefficient (Wildman–Crippen LogP) is 5.75. The van der Waals surface area contributed by atoms with Crippen LogP contribution < -0.4 is 16.0 Å². The molecule has 8 rings (SSSR count). The van der Waals surface area contributed by atoms with Crippen molar-refractivity contribution in [3.63, 3.8) is 0 Å². The van der Waals surface area contributed by atoms with E-state index < -0.39 is 0 Å². The van der Waals surface area contributed by atoms with Gasteiger partial charge in [-0.1, -0.05) is 55.4 Å². The van der Waals surface area contributed by atoms with Crippen LogP contribution >= 0.6 is 24.0 Å². The summed E-state index contributed by atoms with van der Waals surface area (Å²) in [5.41, 5.74) is 14.0. The number of anilines is 1. The summed E-state index contributed by atoms with van der Waals surface area (Å²) in [7, 11) is 3.56. The minimum atomic E-state index is -0.278. The highest BCUT2D eigenvalue weighted by Gasteiger charge is 2.29. The molecular weight excluding hydrogens is 813 g/mol. The van der Waals surface area contributed by atoms with E-state index in [1.807, 2.05) is 48.8 Å². The van der Waals surface area contributed by atoms with Gasteiger partial charge in [0.25, 0.3) is 0 Å². The SMILES string of the molecule is CC(C)Cc1cc(N(C)CCN2CC(c3cc4nnc(-c5ccccc5O)cc4[nH]3)C2)no1.CN.CS.Cc1ncsc1-c1ccc(CNC=O)cc1.O=CN1CCC(O)C1. The number of thiol groups is 1. The van der Waals surface area contributed by atoms with E-state index in [-0.39, 0.29) is 11.9 Å². The zero-order valence-electron chi connectivity index (χ0n) is 35.9. The van der Waals surface area contributed by atoms with Crippen molar-refractivity contribution in [3.05, 3.63) is 95.0 Å². The zero-order valence-corrected chi connectivity index (χ0v) is 37.6. The van der Waals surface area contributed by atoms with Gasteiger partial charge in [-0.05, 0) is 68.0 Å². The Morgan fingerprint density at radius 3 is 2.41 bits per heavy atom. The van der Waals surface area contributed by atoms with Crippen LogP contribution in [-0.4, -0.2) is 124 Å². The minimum absolute atomic E-state index is 0.208. The van der Waals surface area contributed by atoms with Crippen LogP contribution in [0.2, 0.25) is 0 Å². The number of aromatic hydroxyl groups is 1. The lowest BCUT2D eigenvalue weighted by Gasteiger charge is -2.39. The van der Waals surface area contributed by atoms with Crippen LogP contribution in [0, 0.1) is 12.8 Å². The molecule has 2 aliphatic heterocycles. The first kappa shape index (κ1) is 48.3. The highest BCUT2D eigenvalue weighted by atomic mass is 32.1. The van der Waals surface area contributed by atoms with E-state index in [0.717, 1.165) is 79.3 Å². The fourth-order valence-electron chi connectivity index (χ4n) is 6.70. The normalized spacial score (nSPS) is 14.6. The Hall–Kier alpha value is -5.33. The monoisotopic (exact) mass is 872 g/mol.